The zero-order valence-electron chi connectivity index (χ0n) is 6.77. The second kappa shape index (κ2) is 3.15. The number of thioether (sulfide) groups is 1. The highest BCUT2D eigenvalue weighted by atomic mass is 32.2. The maximum Gasteiger partial charge on any atom is 0.149 e. The molecular weight excluding hydrogens is 170 g/mol. The number of aromatic nitrogens is 1. The van der Waals surface area contributed by atoms with E-state index in [0.717, 1.165) is 16.7 Å². The Morgan fingerprint density at radius 3 is 3.00 bits per heavy atom. The van der Waals surface area contributed by atoms with E-state index in [1.54, 1.807) is 18.0 Å². The van der Waals surface area contributed by atoms with Gasteiger partial charge in [0.15, 0.2) is 0 Å². The van der Waals surface area contributed by atoms with E-state index in [2.05, 4.69) is 10.1 Å². The van der Waals surface area contributed by atoms with Crippen molar-refractivity contribution in [3.63, 3.8) is 0 Å². The van der Waals surface area contributed by atoms with Gasteiger partial charge >= 0.3 is 0 Å². The lowest BCUT2D eigenvalue weighted by Gasteiger charge is -2.09. The Balaban J connectivity index is 2.22. The zero-order valence-corrected chi connectivity index (χ0v) is 7.58. The Morgan fingerprint density at radius 2 is 2.42 bits per heavy atom. The summed E-state index contributed by atoms with van der Waals surface area (Å²) in [6, 6.07) is 5.84. The second-order valence-corrected chi connectivity index (χ2v) is 3.62. The van der Waals surface area contributed by atoms with Gasteiger partial charge in [0, 0.05) is 6.20 Å². The number of nitrogens with zero attached hydrogens (tertiary/aromatic N) is 3. The molecule has 0 N–H and O–H groups in total. The van der Waals surface area contributed by atoms with E-state index in [4.69, 9.17) is 0 Å². The third-order valence-corrected chi connectivity index (χ3v) is 2.44. The van der Waals surface area contributed by atoms with E-state index >= 15 is 0 Å². The summed E-state index contributed by atoms with van der Waals surface area (Å²) in [4.78, 5) is 4.20. The van der Waals surface area contributed by atoms with Crippen LogP contribution in [0.15, 0.2) is 29.5 Å². The van der Waals surface area contributed by atoms with Crippen LogP contribution in [-0.4, -0.2) is 15.9 Å². The summed E-state index contributed by atoms with van der Waals surface area (Å²) in [7, 11) is 0. The molecule has 0 bridgehead atoms. The minimum Gasteiger partial charge on any atom is -0.237 e. The molecule has 1 aliphatic heterocycles. The first-order valence-corrected chi connectivity index (χ1v) is 4.71. The van der Waals surface area contributed by atoms with Gasteiger partial charge < -0.3 is 0 Å². The highest BCUT2D eigenvalue weighted by Gasteiger charge is 2.13. The molecule has 0 radical (unpaired) electrons. The SMILES string of the molecule is CC1=NN(c2ccccn2)CS1. The van der Waals surface area contributed by atoms with E-state index in [9.17, 15) is 0 Å². The van der Waals surface area contributed by atoms with Crippen molar-refractivity contribution < 1.29 is 0 Å². The Bertz CT molecular complexity index is 296. The molecule has 3 nitrogen and oxygen atoms in total. The molecule has 12 heavy (non-hydrogen) atoms. The van der Waals surface area contributed by atoms with Crippen LogP contribution in [0.3, 0.4) is 0 Å². The van der Waals surface area contributed by atoms with E-state index in [1.165, 1.54) is 0 Å². The number of pyridine rings is 1. The van der Waals surface area contributed by atoms with Gasteiger partial charge in [-0.3, -0.25) is 0 Å². The third kappa shape index (κ3) is 1.43. The fourth-order valence-electron chi connectivity index (χ4n) is 1.01. The van der Waals surface area contributed by atoms with Crippen molar-refractivity contribution >= 4 is 22.6 Å². The summed E-state index contributed by atoms with van der Waals surface area (Å²) in [5.74, 6) is 1.80. The number of hydrogen-bond acceptors (Lipinski definition) is 4. The quantitative estimate of drug-likeness (QED) is 0.659. The molecule has 0 atom stereocenters. The van der Waals surface area contributed by atoms with Gasteiger partial charge in [0.05, 0.1) is 10.9 Å². The summed E-state index contributed by atoms with van der Waals surface area (Å²) in [6.07, 6.45) is 1.78. The van der Waals surface area contributed by atoms with Crippen LogP contribution in [0.25, 0.3) is 0 Å². The molecule has 0 saturated carbocycles. The van der Waals surface area contributed by atoms with Gasteiger partial charge in [-0.15, -0.1) is 0 Å². The second-order valence-electron chi connectivity index (χ2n) is 2.48. The molecule has 2 heterocycles. The van der Waals surface area contributed by atoms with Gasteiger partial charge in [0.1, 0.15) is 5.82 Å². The average Bonchev–Trinajstić information content (AvgIpc) is 2.54. The number of rotatable bonds is 1. The van der Waals surface area contributed by atoms with Crippen LogP contribution >= 0.6 is 11.8 Å². The summed E-state index contributed by atoms with van der Waals surface area (Å²) < 4.78 is 0. The first-order chi connectivity index (χ1) is 5.86. The maximum absolute atomic E-state index is 4.31. The summed E-state index contributed by atoms with van der Waals surface area (Å²) >= 11 is 1.74. The Morgan fingerprint density at radius 1 is 1.50 bits per heavy atom. The molecule has 0 fully saturated rings. The lowest BCUT2D eigenvalue weighted by Crippen LogP contribution is -2.11. The first-order valence-electron chi connectivity index (χ1n) is 3.73. The largest absolute Gasteiger partial charge is 0.237 e. The van der Waals surface area contributed by atoms with Gasteiger partial charge in [0.25, 0.3) is 0 Å². The number of hydrogen-bond donors (Lipinski definition) is 0. The first kappa shape index (κ1) is 7.61. The normalized spacial score (nSPS) is 16.4. The number of anilines is 1. The maximum atomic E-state index is 4.31. The Labute approximate surface area is 75.5 Å². The summed E-state index contributed by atoms with van der Waals surface area (Å²) in [5.41, 5.74) is 0. The van der Waals surface area contributed by atoms with E-state index in [0.29, 0.717) is 0 Å². The van der Waals surface area contributed by atoms with Crippen LogP contribution in [0.5, 0.6) is 0 Å². The van der Waals surface area contributed by atoms with Crippen molar-refractivity contribution in [2.75, 3.05) is 10.9 Å². The van der Waals surface area contributed by atoms with Gasteiger partial charge in [-0.1, -0.05) is 17.8 Å². The van der Waals surface area contributed by atoms with Crippen LogP contribution in [-0.2, 0) is 0 Å². The standard InChI is InChI=1S/C8H9N3S/c1-7-10-11(6-12-7)8-4-2-3-5-9-8/h2-5H,6H2,1H3. The lowest BCUT2D eigenvalue weighted by molar-refractivity contribution is 0.970. The molecule has 62 valence electrons. The Kier molecular flexibility index (Phi) is 1.99. The topological polar surface area (TPSA) is 28.5 Å². The summed E-state index contributed by atoms with van der Waals surface area (Å²) in [6.45, 7) is 2.01. The molecule has 1 aromatic heterocycles. The minimum absolute atomic E-state index is 0.878. The van der Waals surface area contributed by atoms with Gasteiger partial charge in [-0.25, -0.2) is 9.99 Å². The predicted octanol–water partition coefficient (Wildman–Crippen LogP) is 1.93. The van der Waals surface area contributed by atoms with Crippen molar-refractivity contribution in [3.05, 3.63) is 24.4 Å². The van der Waals surface area contributed by atoms with E-state index < -0.39 is 0 Å². The molecule has 0 unspecified atom stereocenters. The highest BCUT2D eigenvalue weighted by molar-refractivity contribution is 8.14. The highest BCUT2D eigenvalue weighted by Crippen LogP contribution is 2.21. The zero-order chi connectivity index (χ0) is 8.39. The lowest BCUT2D eigenvalue weighted by atomic mass is 10.5. The average molecular weight is 179 g/mol. The monoisotopic (exact) mass is 179 g/mol. The van der Waals surface area contributed by atoms with E-state index in [-0.39, 0.29) is 0 Å². The molecule has 0 amide bonds. The van der Waals surface area contributed by atoms with Gasteiger partial charge in [-0.2, -0.15) is 5.10 Å². The van der Waals surface area contributed by atoms with Crippen LogP contribution in [0, 0.1) is 0 Å². The van der Waals surface area contributed by atoms with Crippen molar-refractivity contribution in [1.29, 1.82) is 0 Å². The molecule has 2 rings (SSSR count). The fourth-order valence-corrected chi connectivity index (χ4v) is 1.66. The van der Waals surface area contributed by atoms with Crippen molar-refractivity contribution in [3.8, 4) is 0 Å². The van der Waals surface area contributed by atoms with Gasteiger partial charge in [-0.05, 0) is 19.1 Å². The predicted molar refractivity (Wildman–Crippen MR) is 52.3 cm³/mol. The Hall–Kier alpha value is -1.03. The van der Waals surface area contributed by atoms with Crippen LogP contribution in [0.1, 0.15) is 6.92 Å². The molecule has 1 aromatic rings. The molecule has 0 saturated heterocycles. The minimum atomic E-state index is 0.878. The number of hydrazone groups is 1. The van der Waals surface area contributed by atoms with E-state index in [1.807, 2.05) is 30.1 Å². The molecule has 0 aliphatic carbocycles. The van der Waals surface area contributed by atoms with Crippen LogP contribution in [0.4, 0.5) is 5.82 Å². The summed E-state index contributed by atoms with van der Waals surface area (Å²) in [5, 5.41) is 7.31. The molecule has 0 aromatic carbocycles. The van der Waals surface area contributed by atoms with Crippen molar-refractivity contribution in [1.82, 2.24) is 4.98 Å². The molecule has 0 spiro atoms. The smallest absolute Gasteiger partial charge is 0.149 e. The van der Waals surface area contributed by atoms with Crippen LogP contribution < -0.4 is 5.01 Å². The van der Waals surface area contributed by atoms with Crippen LogP contribution in [0.2, 0.25) is 0 Å². The fraction of sp³-hybridized carbons (Fsp3) is 0.250. The molecular formula is C8H9N3S. The van der Waals surface area contributed by atoms with Crippen molar-refractivity contribution in [2.45, 2.75) is 6.92 Å². The third-order valence-electron chi connectivity index (χ3n) is 1.57. The molecule has 4 heteroatoms. The molecule has 1 aliphatic rings. The van der Waals surface area contributed by atoms with Crippen molar-refractivity contribution in [2.24, 2.45) is 5.10 Å². The van der Waals surface area contributed by atoms with Gasteiger partial charge in [0.2, 0.25) is 0 Å².